The molecule has 1 fully saturated rings. The molecule has 1 aliphatic rings. The van der Waals surface area contributed by atoms with Crippen LogP contribution in [0, 0.1) is 32.1 Å². The number of fused-ring (bicyclic) bond motifs is 1. The molecule has 0 atom stereocenters. The summed E-state index contributed by atoms with van der Waals surface area (Å²) in [5.41, 5.74) is 5.82. The molecule has 0 bridgehead atoms. The van der Waals surface area contributed by atoms with Crippen molar-refractivity contribution in [3.8, 4) is 34.6 Å². The molecule has 0 spiro atoms. The van der Waals surface area contributed by atoms with Crippen molar-refractivity contribution < 1.29 is 8.91 Å². The van der Waals surface area contributed by atoms with E-state index >= 15 is 0 Å². The van der Waals surface area contributed by atoms with Gasteiger partial charge in [-0.3, -0.25) is 9.67 Å². The lowest BCUT2D eigenvalue weighted by Gasteiger charge is -2.31. The Morgan fingerprint density at radius 2 is 2.00 bits per heavy atom. The summed E-state index contributed by atoms with van der Waals surface area (Å²) in [4.78, 5) is 4.88. The van der Waals surface area contributed by atoms with Crippen LogP contribution in [0.25, 0.3) is 33.3 Å². The first-order chi connectivity index (χ1) is 16.3. The second-order valence-corrected chi connectivity index (χ2v) is 9.79. The summed E-state index contributed by atoms with van der Waals surface area (Å²) < 4.78 is 23.9. The van der Waals surface area contributed by atoms with Crippen LogP contribution in [0.15, 0.2) is 35.4 Å². The van der Waals surface area contributed by atoms with Gasteiger partial charge >= 0.3 is 0 Å². The monoisotopic (exact) mass is 459 g/mol. The van der Waals surface area contributed by atoms with Crippen molar-refractivity contribution in [2.45, 2.75) is 71.6 Å². The minimum Gasteiger partial charge on any atom is -0.361 e. The molecule has 0 unspecified atom stereocenters. The van der Waals surface area contributed by atoms with Crippen molar-refractivity contribution in [2.24, 2.45) is 5.92 Å². The third kappa shape index (κ3) is 4.25. The SMILES string of the molecule is C#CCCn1cc(-c2cn(CC3CCC(C)(F)CC3)c3cc(-c4c(C)noc4C)cnc23)cn1. The number of pyridine rings is 1. The van der Waals surface area contributed by atoms with E-state index in [1.807, 2.05) is 37.1 Å². The Hall–Kier alpha value is -3.40. The summed E-state index contributed by atoms with van der Waals surface area (Å²) in [7, 11) is 0. The molecule has 0 aromatic carbocycles. The number of terminal acetylenes is 1. The second kappa shape index (κ2) is 8.75. The fourth-order valence-corrected chi connectivity index (χ4v) is 5.10. The normalized spacial score (nSPS) is 20.6. The number of nitrogens with zero attached hydrogens (tertiary/aromatic N) is 5. The highest BCUT2D eigenvalue weighted by Gasteiger charge is 2.31. The lowest BCUT2D eigenvalue weighted by atomic mass is 9.81. The highest BCUT2D eigenvalue weighted by Crippen LogP contribution is 2.38. The highest BCUT2D eigenvalue weighted by molar-refractivity contribution is 5.94. The number of rotatable bonds is 6. The molecule has 0 saturated heterocycles. The average Bonchev–Trinajstić information content (AvgIpc) is 3.51. The van der Waals surface area contributed by atoms with E-state index < -0.39 is 5.67 Å². The topological polar surface area (TPSA) is 61.7 Å². The van der Waals surface area contributed by atoms with Gasteiger partial charge in [0.25, 0.3) is 0 Å². The fraction of sp³-hybridized carbons (Fsp3) is 0.444. The molecule has 176 valence electrons. The largest absolute Gasteiger partial charge is 0.361 e. The Kier molecular flexibility index (Phi) is 5.76. The Morgan fingerprint density at radius 1 is 1.21 bits per heavy atom. The number of halogens is 1. The van der Waals surface area contributed by atoms with Crippen molar-refractivity contribution in [3.05, 3.63) is 42.3 Å². The summed E-state index contributed by atoms with van der Waals surface area (Å²) in [5, 5.41) is 8.59. The van der Waals surface area contributed by atoms with Gasteiger partial charge in [0.1, 0.15) is 11.4 Å². The standard InChI is InChI=1S/C27H30FN5O/c1-5-6-11-33-16-22(14-30-33)23-17-32(15-20-7-9-27(4,28)10-8-20)24-12-21(13-29-26(23)24)25-18(2)31-34-19(25)3/h1,12-14,16-17,20H,6-11,15H2,2-4H3. The zero-order valence-corrected chi connectivity index (χ0v) is 20.0. The van der Waals surface area contributed by atoms with Crippen LogP contribution in [0.1, 0.15) is 50.5 Å². The Bertz CT molecular complexity index is 1340. The maximum absolute atomic E-state index is 14.4. The first kappa shape index (κ1) is 22.4. The van der Waals surface area contributed by atoms with Crippen LogP contribution in [0.4, 0.5) is 4.39 Å². The van der Waals surface area contributed by atoms with Crippen molar-refractivity contribution in [1.82, 2.24) is 24.5 Å². The lowest BCUT2D eigenvalue weighted by Crippen LogP contribution is -2.27. The molecule has 1 aliphatic carbocycles. The Morgan fingerprint density at radius 3 is 2.71 bits per heavy atom. The molecule has 0 radical (unpaired) electrons. The quantitative estimate of drug-likeness (QED) is 0.326. The minimum atomic E-state index is -1.04. The van der Waals surface area contributed by atoms with Gasteiger partial charge in [0.2, 0.25) is 0 Å². The molecule has 0 N–H and O–H groups in total. The van der Waals surface area contributed by atoms with E-state index in [-0.39, 0.29) is 0 Å². The van der Waals surface area contributed by atoms with E-state index in [2.05, 4.69) is 33.0 Å². The Labute approximate surface area is 199 Å². The first-order valence-electron chi connectivity index (χ1n) is 11.9. The minimum absolute atomic E-state index is 0.438. The summed E-state index contributed by atoms with van der Waals surface area (Å²) in [6, 6.07) is 2.17. The molecule has 5 rings (SSSR count). The van der Waals surface area contributed by atoms with Crippen molar-refractivity contribution >= 4 is 11.0 Å². The number of aryl methyl sites for hydroxylation is 3. The van der Waals surface area contributed by atoms with Crippen LogP contribution in [0.5, 0.6) is 0 Å². The molecule has 7 heteroatoms. The number of alkyl halides is 1. The maximum Gasteiger partial charge on any atom is 0.141 e. The molecule has 34 heavy (non-hydrogen) atoms. The van der Waals surface area contributed by atoms with E-state index in [0.717, 1.165) is 64.1 Å². The van der Waals surface area contributed by atoms with Crippen LogP contribution < -0.4 is 0 Å². The predicted octanol–water partition coefficient (Wildman–Crippen LogP) is 6.11. The number of hydrogen-bond acceptors (Lipinski definition) is 4. The highest BCUT2D eigenvalue weighted by atomic mass is 19.1. The molecule has 0 amide bonds. The van der Waals surface area contributed by atoms with Gasteiger partial charge in [0.05, 0.1) is 29.5 Å². The molecule has 4 aromatic heterocycles. The average molecular weight is 460 g/mol. The number of hydrogen-bond donors (Lipinski definition) is 0. The molecular formula is C27H30FN5O. The molecule has 0 aliphatic heterocycles. The van der Waals surface area contributed by atoms with Gasteiger partial charge in [-0.15, -0.1) is 12.3 Å². The van der Waals surface area contributed by atoms with Gasteiger partial charge < -0.3 is 9.09 Å². The van der Waals surface area contributed by atoms with Crippen LogP contribution >= 0.6 is 0 Å². The van der Waals surface area contributed by atoms with E-state index in [9.17, 15) is 4.39 Å². The smallest absolute Gasteiger partial charge is 0.141 e. The third-order valence-electron chi connectivity index (χ3n) is 7.07. The van der Waals surface area contributed by atoms with E-state index in [1.165, 1.54) is 0 Å². The predicted molar refractivity (Wildman–Crippen MR) is 131 cm³/mol. The summed E-state index contributed by atoms with van der Waals surface area (Å²) in [6.07, 6.45) is 17.0. The lowest BCUT2D eigenvalue weighted by molar-refractivity contribution is 0.0985. The van der Waals surface area contributed by atoms with Gasteiger partial charge in [0.15, 0.2) is 0 Å². The van der Waals surface area contributed by atoms with Crippen LogP contribution in [-0.2, 0) is 13.1 Å². The van der Waals surface area contributed by atoms with Gasteiger partial charge in [-0.1, -0.05) is 5.16 Å². The number of aromatic nitrogens is 5. The molecule has 4 aromatic rings. The summed E-state index contributed by atoms with van der Waals surface area (Å²) in [5.74, 6) is 3.88. The zero-order valence-electron chi connectivity index (χ0n) is 20.0. The fourth-order valence-electron chi connectivity index (χ4n) is 5.10. The molecule has 4 heterocycles. The van der Waals surface area contributed by atoms with E-state index in [0.29, 0.717) is 31.7 Å². The molecule has 1 saturated carbocycles. The zero-order chi connectivity index (χ0) is 23.9. The summed E-state index contributed by atoms with van der Waals surface area (Å²) >= 11 is 0. The van der Waals surface area contributed by atoms with Crippen LogP contribution in [0.3, 0.4) is 0 Å². The molecule has 6 nitrogen and oxygen atoms in total. The van der Waals surface area contributed by atoms with Crippen LogP contribution in [-0.4, -0.2) is 30.2 Å². The van der Waals surface area contributed by atoms with E-state index in [1.54, 1.807) is 6.92 Å². The first-order valence-corrected chi connectivity index (χ1v) is 11.9. The van der Waals surface area contributed by atoms with E-state index in [4.69, 9.17) is 15.9 Å². The van der Waals surface area contributed by atoms with Gasteiger partial charge in [-0.25, -0.2) is 4.39 Å². The van der Waals surface area contributed by atoms with Gasteiger partial charge in [-0.05, 0) is 58.4 Å². The van der Waals surface area contributed by atoms with Crippen molar-refractivity contribution in [3.63, 3.8) is 0 Å². The van der Waals surface area contributed by atoms with Crippen molar-refractivity contribution in [2.75, 3.05) is 0 Å². The third-order valence-corrected chi connectivity index (χ3v) is 7.07. The van der Waals surface area contributed by atoms with Crippen molar-refractivity contribution in [1.29, 1.82) is 0 Å². The Balaban J connectivity index is 1.56. The van der Waals surface area contributed by atoms with Gasteiger partial charge in [-0.2, -0.15) is 5.10 Å². The second-order valence-electron chi connectivity index (χ2n) is 9.79. The maximum atomic E-state index is 14.4. The summed E-state index contributed by atoms with van der Waals surface area (Å²) in [6.45, 7) is 7.11. The van der Waals surface area contributed by atoms with Crippen LogP contribution in [0.2, 0.25) is 0 Å². The van der Waals surface area contributed by atoms with Gasteiger partial charge in [0, 0.05) is 53.8 Å². The molecular weight excluding hydrogens is 429 g/mol.